The number of carbonyl (C=O) groups excluding carboxylic acids is 2. The number of Topliss-reactive ketones (excluding diaryl/α,β-unsaturated/α-hetero) is 1. The van der Waals surface area contributed by atoms with Gasteiger partial charge in [0.1, 0.15) is 35.2 Å². The molecule has 2 aromatic heterocycles. The highest BCUT2D eigenvalue weighted by Crippen LogP contribution is 2.23. The molecular formula is C35H38N7O2+3. The molecule has 6 aromatic rings. The van der Waals surface area contributed by atoms with Crippen molar-refractivity contribution < 1.29 is 25.2 Å². The van der Waals surface area contributed by atoms with Gasteiger partial charge >= 0.3 is 0 Å². The minimum absolute atomic E-state index is 0.105. The maximum atomic E-state index is 13.1. The van der Waals surface area contributed by atoms with E-state index in [1.165, 1.54) is 0 Å². The highest BCUT2D eigenvalue weighted by atomic mass is 16.1. The van der Waals surface area contributed by atoms with Crippen LogP contribution in [-0.2, 0) is 0 Å². The van der Waals surface area contributed by atoms with E-state index in [1.807, 2.05) is 86.6 Å². The van der Waals surface area contributed by atoms with Crippen molar-refractivity contribution in [3.05, 3.63) is 95.1 Å². The molecule has 0 saturated carbocycles. The lowest BCUT2D eigenvalue weighted by atomic mass is 10.0. The number of nitrogens with two attached hydrogens (primary N) is 2. The van der Waals surface area contributed by atoms with E-state index in [1.54, 1.807) is 0 Å². The zero-order valence-corrected chi connectivity index (χ0v) is 25.2. The van der Waals surface area contributed by atoms with Crippen molar-refractivity contribution in [3.63, 3.8) is 0 Å². The Bertz CT molecular complexity index is 1860. The van der Waals surface area contributed by atoms with Crippen LogP contribution in [0.3, 0.4) is 0 Å². The summed E-state index contributed by atoms with van der Waals surface area (Å²) in [5, 5.41) is 7.49. The minimum atomic E-state index is -0.105. The predicted octanol–water partition coefficient (Wildman–Crippen LogP) is 2.44. The quantitative estimate of drug-likeness (QED) is 0.115. The third-order valence-electron chi connectivity index (χ3n) is 8.05. The maximum absolute atomic E-state index is 13.1. The molecule has 6 rings (SSSR count). The summed E-state index contributed by atoms with van der Waals surface area (Å²) in [7, 11) is 0. The molecule has 0 aliphatic heterocycles. The molecule has 222 valence electrons. The second-order valence-corrected chi connectivity index (χ2v) is 11.3. The Balaban J connectivity index is 0.917. The predicted molar refractivity (Wildman–Crippen MR) is 172 cm³/mol. The molecule has 0 fully saturated rings. The van der Waals surface area contributed by atoms with E-state index in [0.29, 0.717) is 29.6 Å². The van der Waals surface area contributed by atoms with E-state index in [0.717, 1.165) is 82.3 Å². The van der Waals surface area contributed by atoms with Gasteiger partial charge in [0.05, 0.1) is 36.2 Å². The van der Waals surface area contributed by atoms with Gasteiger partial charge in [-0.25, -0.2) is 19.9 Å². The lowest BCUT2D eigenvalue weighted by Gasteiger charge is -2.08. The smallest absolute Gasteiger partial charge is 0.258 e. The van der Waals surface area contributed by atoms with E-state index in [-0.39, 0.29) is 11.7 Å². The molecular weight excluding hydrogens is 550 g/mol. The first-order chi connectivity index (χ1) is 21.5. The van der Waals surface area contributed by atoms with Crippen LogP contribution >= 0.6 is 0 Å². The fourth-order valence-electron chi connectivity index (χ4n) is 5.65. The Labute approximate surface area is 255 Å². The monoisotopic (exact) mass is 588 g/mol. The number of nitrogens with zero attached hydrogens (tertiary/aromatic N) is 3. The number of amides is 1. The van der Waals surface area contributed by atoms with Crippen LogP contribution in [0.2, 0.25) is 0 Å². The van der Waals surface area contributed by atoms with Crippen LogP contribution in [0.25, 0.3) is 44.1 Å². The van der Waals surface area contributed by atoms with Crippen LogP contribution in [0.5, 0.6) is 0 Å². The molecule has 0 unspecified atom stereocenters. The number of quaternary nitrogens is 2. The minimum Gasteiger partial charge on any atom is -0.346 e. The highest BCUT2D eigenvalue weighted by Gasteiger charge is 2.18. The second kappa shape index (κ2) is 13.2. The first-order valence-electron chi connectivity index (χ1n) is 15.3. The summed E-state index contributed by atoms with van der Waals surface area (Å²) in [5.74, 6) is 0.00291. The van der Waals surface area contributed by atoms with Gasteiger partial charge in [0.25, 0.3) is 5.91 Å². The number of para-hydroxylation sites is 4. The highest BCUT2D eigenvalue weighted by molar-refractivity contribution is 6.07. The number of rotatable bonds is 12. The molecule has 0 atom stereocenters. The van der Waals surface area contributed by atoms with Crippen LogP contribution in [0, 0.1) is 13.8 Å². The Morgan fingerprint density at radius 3 is 2.07 bits per heavy atom. The van der Waals surface area contributed by atoms with E-state index in [2.05, 4.69) is 20.9 Å². The number of nitrogens with one attached hydrogen (secondary N) is 2. The summed E-state index contributed by atoms with van der Waals surface area (Å²) >= 11 is 0. The number of benzene rings is 4. The fraction of sp³-hybridized carbons (Fsp3) is 0.257. The topological polar surface area (TPSA) is 132 Å². The SMILES string of the molecule is Cc1cccc2nc3cccc(C(=O)CCC[NH2+]CC[NH2+]CCNC(=O)c4cccc5nc6cccc(C)c6[nH+]c45)c3nc12. The largest absolute Gasteiger partial charge is 0.346 e. The zero-order chi connectivity index (χ0) is 30.5. The Morgan fingerprint density at radius 2 is 1.27 bits per heavy atom. The third-order valence-corrected chi connectivity index (χ3v) is 8.05. The lowest BCUT2D eigenvalue weighted by Crippen LogP contribution is -2.95. The summed E-state index contributed by atoms with van der Waals surface area (Å²) in [4.78, 5) is 43.8. The molecule has 1 amide bonds. The number of aryl methyl sites for hydroxylation is 2. The maximum Gasteiger partial charge on any atom is 0.258 e. The van der Waals surface area contributed by atoms with Gasteiger partial charge in [-0.3, -0.25) is 9.59 Å². The van der Waals surface area contributed by atoms with Crippen molar-refractivity contribution in [1.29, 1.82) is 0 Å². The van der Waals surface area contributed by atoms with E-state index in [4.69, 9.17) is 15.0 Å². The van der Waals surface area contributed by atoms with E-state index < -0.39 is 0 Å². The van der Waals surface area contributed by atoms with Gasteiger partial charge in [-0.1, -0.05) is 36.4 Å². The normalized spacial score (nSPS) is 11.5. The first kappa shape index (κ1) is 29.2. The molecule has 0 aliphatic carbocycles. The molecule has 9 heteroatoms. The standard InChI is InChI=1S/C35H35N7O2/c1-22-8-3-12-26-31(22)41-33-24(10-5-14-28(33)39-26)30(43)16-7-17-36-18-19-37-20-21-38-35(44)25-11-6-15-29-34(25)42-32-23(2)9-4-13-27(32)40-29/h3-6,8-15,36-37H,7,16-21H2,1-2H3,(H,38,44)/p+3. The summed E-state index contributed by atoms with van der Waals surface area (Å²) < 4.78 is 0. The molecule has 0 bridgehead atoms. The Kier molecular flexibility index (Phi) is 8.76. The van der Waals surface area contributed by atoms with Crippen molar-refractivity contribution >= 4 is 55.8 Å². The lowest BCUT2D eigenvalue weighted by molar-refractivity contribution is -0.722. The van der Waals surface area contributed by atoms with E-state index >= 15 is 0 Å². The van der Waals surface area contributed by atoms with Gasteiger partial charge < -0.3 is 16.0 Å². The summed E-state index contributed by atoms with van der Waals surface area (Å²) in [5.41, 5.74) is 9.88. The van der Waals surface area contributed by atoms with Crippen molar-refractivity contribution in [3.8, 4) is 0 Å². The molecule has 4 aromatic carbocycles. The second-order valence-electron chi connectivity index (χ2n) is 11.3. The van der Waals surface area contributed by atoms with Gasteiger partial charge in [-0.2, -0.15) is 0 Å². The average molecular weight is 589 g/mol. The number of hydrogen-bond donors (Lipinski definition) is 3. The number of fused-ring (bicyclic) bond motifs is 4. The van der Waals surface area contributed by atoms with Gasteiger partial charge in [0.15, 0.2) is 5.78 Å². The molecule has 0 saturated heterocycles. The summed E-state index contributed by atoms with van der Waals surface area (Å²) in [6, 6.07) is 23.2. The molecule has 44 heavy (non-hydrogen) atoms. The molecule has 6 N–H and O–H groups in total. The number of carbonyl (C=O) groups is 2. The Hall–Kier alpha value is -4.86. The number of ketones is 1. The van der Waals surface area contributed by atoms with E-state index in [9.17, 15) is 9.59 Å². The third kappa shape index (κ3) is 6.24. The number of aromatic amines is 1. The van der Waals surface area contributed by atoms with Crippen LogP contribution in [0.1, 0.15) is 44.7 Å². The average Bonchev–Trinajstić information content (AvgIpc) is 3.03. The van der Waals surface area contributed by atoms with Crippen LogP contribution in [0.4, 0.5) is 0 Å². The van der Waals surface area contributed by atoms with Crippen molar-refractivity contribution in [2.75, 3.05) is 32.7 Å². The van der Waals surface area contributed by atoms with Gasteiger partial charge in [0, 0.05) is 24.0 Å². The fourth-order valence-corrected chi connectivity index (χ4v) is 5.65. The molecule has 0 spiro atoms. The molecule has 0 aliphatic rings. The molecule has 9 nitrogen and oxygen atoms in total. The van der Waals surface area contributed by atoms with Crippen LogP contribution in [-0.4, -0.2) is 59.4 Å². The van der Waals surface area contributed by atoms with Crippen LogP contribution < -0.4 is 20.9 Å². The Morgan fingerprint density at radius 1 is 0.659 bits per heavy atom. The van der Waals surface area contributed by atoms with Crippen molar-refractivity contribution in [2.24, 2.45) is 0 Å². The van der Waals surface area contributed by atoms with Crippen molar-refractivity contribution in [2.45, 2.75) is 26.7 Å². The zero-order valence-electron chi connectivity index (χ0n) is 25.2. The number of hydrogen-bond acceptors (Lipinski definition) is 5. The number of H-pyrrole nitrogens is 1. The summed E-state index contributed by atoms with van der Waals surface area (Å²) in [6.07, 6.45) is 1.28. The number of aromatic nitrogens is 4. The van der Waals surface area contributed by atoms with Gasteiger partial charge in [-0.15, -0.1) is 0 Å². The van der Waals surface area contributed by atoms with Gasteiger partial charge in [-0.05, 0) is 55.8 Å². The molecule has 2 heterocycles. The molecule has 0 radical (unpaired) electrons. The first-order valence-corrected chi connectivity index (χ1v) is 15.3. The van der Waals surface area contributed by atoms with Gasteiger partial charge in [0.2, 0.25) is 11.0 Å². The van der Waals surface area contributed by atoms with Crippen LogP contribution in [0.15, 0.2) is 72.8 Å². The summed E-state index contributed by atoms with van der Waals surface area (Å²) in [6.45, 7) is 8.19. The van der Waals surface area contributed by atoms with Crippen molar-refractivity contribution in [1.82, 2.24) is 20.3 Å².